The second-order valence-corrected chi connectivity index (χ2v) is 4.85. The van der Waals surface area contributed by atoms with Gasteiger partial charge in [-0.3, -0.25) is 4.98 Å². The van der Waals surface area contributed by atoms with Crippen molar-refractivity contribution in [2.24, 2.45) is 0 Å². The summed E-state index contributed by atoms with van der Waals surface area (Å²) in [6, 6.07) is 11.4. The van der Waals surface area contributed by atoms with Crippen molar-refractivity contribution in [2.45, 2.75) is 6.92 Å². The van der Waals surface area contributed by atoms with Crippen LogP contribution in [0.2, 0.25) is 0 Å². The summed E-state index contributed by atoms with van der Waals surface area (Å²) >= 11 is 3.32. The van der Waals surface area contributed by atoms with Gasteiger partial charge in [0.2, 0.25) is 5.88 Å². The van der Waals surface area contributed by atoms with E-state index >= 15 is 0 Å². The van der Waals surface area contributed by atoms with E-state index in [1.807, 2.05) is 37.3 Å². The first kappa shape index (κ1) is 12.0. The zero-order chi connectivity index (χ0) is 13.2. The molecule has 5 heteroatoms. The van der Waals surface area contributed by atoms with Gasteiger partial charge in [0.1, 0.15) is 16.2 Å². The minimum atomic E-state index is 0.509. The monoisotopic (exact) mass is 315 g/mol. The van der Waals surface area contributed by atoms with Gasteiger partial charge in [0.15, 0.2) is 0 Å². The highest BCUT2D eigenvalue weighted by Crippen LogP contribution is 2.24. The fourth-order valence-corrected chi connectivity index (χ4v) is 2.24. The van der Waals surface area contributed by atoms with Crippen molar-refractivity contribution in [2.75, 3.05) is 0 Å². The summed E-state index contributed by atoms with van der Waals surface area (Å²) in [6.07, 6.45) is 1.76. The Kier molecular flexibility index (Phi) is 3.13. The summed E-state index contributed by atoms with van der Waals surface area (Å²) in [5.41, 5.74) is 0.893. The molecule has 0 spiro atoms. The molecule has 0 aliphatic heterocycles. The van der Waals surface area contributed by atoms with Crippen LogP contribution < -0.4 is 4.74 Å². The molecule has 1 aromatic carbocycles. The topological polar surface area (TPSA) is 47.9 Å². The molecular formula is C14H10BrN3O. The van der Waals surface area contributed by atoms with Gasteiger partial charge in [-0.2, -0.15) is 4.98 Å². The second-order valence-electron chi connectivity index (χ2n) is 4.04. The third-order valence-corrected chi connectivity index (χ3v) is 2.99. The minimum absolute atomic E-state index is 0.509. The van der Waals surface area contributed by atoms with Crippen LogP contribution in [0.4, 0.5) is 0 Å². The van der Waals surface area contributed by atoms with Crippen LogP contribution in [0.25, 0.3) is 10.9 Å². The summed E-state index contributed by atoms with van der Waals surface area (Å²) in [4.78, 5) is 12.7. The van der Waals surface area contributed by atoms with Crippen LogP contribution in [0.3, 0.4) is 0 Å². The molecule has 3 rings (SSSR count). The number of pyridine rings is 1. The van der Waals surface area contributed by atoms with Gasteiger partial charge in [-0.25, -0.2) is 4.98 Å². The first-order valence-electron chi connectivity index (χ1n) is 5.74. The summed E-state index contributed by atoms with van der Waals surface area (Å²) in [7, 11) is 0. The summed E-state index contributed by atoms with van der Waals surface area (Å²) in [5.74, 6) is 1.87. The Morgan fingerprint density at radius 2 is 2.00 bits per heavy atom. The van der Waals surface area contributed by atoms with Crippen molar-refractivity contribution >= 4 is 26.8 Å². The molecule has 0 saturated heterocycles. The molecule has 0 radical (unpaired) electrons. The van der Waals surface area contributed by atoms with Crippen LogP contribution in [0.5, 0.6) is 11.6 Å². The molecule has 2 heterocycles. The van der Waals surface area contributed by atoms with Gasteiger partial charge in [-0.15, -0.1) is 0 Å². The largest absolute Gasteiger partial charge is 0.439 e. The fourth-order valence-electron chi connectivity index (χ4n) is 1.79. The maximum Gasteiger partial charge on any atom is 0.223 e. The highest BCUT2D eigenvalue weighted by atomic mass is 79.9. The lowest BCUT2D eigenvalue weighted by atomic mass is 10.2. The molecule has 0 fully saturated rings. The van der Waals surface area contributed by atoms with E-state index < -0.39 is 0 Å². The van der Waals surface area contributed by atoms with E-state index in [4.69, 9.17) is 4.74 Å². The van der Waals surface area contributed by atoms with Crippen molar-refractivity contribution in [3.05, 3.63) is 53.0 Å². The quantitative estimate of drug-likeness (QED) is 0.673. The molecule has 4 nitrogen and oxygen atoms in total. The van der Waals surface area contributed by atoms with E-state index in [-0.39, 0.29) is 0 Å². The van der Waals surface area contributed by atoms with Gasteiger partial charge in [0, 0.05) is 23.7 Å². The average Bonchev–Trinajstić information content (AvgIpc) is 2.37. The highest BCUT2D eigenvalue weighted by Gasteiger charge is 2.04. The zero-order valence-corrected chi connectivity index (χ0v) is 11.8. The van der Waals surface area contributed by atoms with E-state index in [0.29, 0.717) is 22.1 Å². The number of benzene rings is 1. The van der Waals surface area contributed by atoms with E-state index in [1.54, 1.807) is 12.3 Å². The van der Waals surface area contributed by atoms with Gasteiger partial charge in [-0.05, 0) is 41.1 Å². The molecule has 2 aromatic heterocycles. The van der Waals surface area contributed by atoms with E-state index in [1.165, 1.54) is 0 Å². The molecule has 0 saturated carbocycles. The normalized spacial score (nSPS) is 10.6. The van der Waals surface area contributed by atoms with Crippen LogP contribution in [-0.2, 0) is 0 Å². The minimum Gasteiger partial charge on any atom is -0.439 e. The molecule has 0 bridgehead atoms. The molecule has 19 heavy (non-hydrogen) atoms. The molecular weight excluding hydrogens is 306 g/mol. The second kappa shape index (κ2) is 4.93. The number of nitrogens with zero attached hydrogens (tertiary/aromatic N) is 3. The number of hydrogen-bond acceptors (Lipinski definition) is 4. The standard InChI is InChI=1S/C14H10BrN3O/c1-9-17-13(15)8-14(18-9)19-11-5-4-10-3-2-6-16-12(10)7-11/h2-8H,1H3. The van der Waals surface area contributed by atoms with E-state index in [0.717, 1.165) is 10.9 Å². The van der Waals surface area contributed by atoms with Crippen molar-refractivity contribution in [3.8, 4) is 11.6 Å². The third-order valence-electron chi connectivity index (χ3n) is 2.58. The first-order chi connectivity index (χ1) is 9.20. The van der Waals surface area contributed by atoms with Gasteiger partial charge < -0.3 is 4.74 Å². The maximum absolute atomic E-state index is 5.73. The van der Waals surface area contributed by atoms with Crippen molar-refractivity contribution in [3.63, 3.8) is 0 Å². The molecule has 94 valence electrons. The predicted octanol–water partition coefficient (Wildman–Crippen LogP) is 3.89. The third kappa shape index (κ3) is 2.71. The molecule has 0 atom stereocenters. The number of ether oxygens (including phenoxy) is 1. The SMILES string of the molecule is Cc1nc(Br)cc(Oc2ccc3cccnc3c2)n1. The fraction of sp³-hybridized carbons (Fsp3) is 0.0714. The Bertz CT molecular complexity index is 725. The van der Waals surface area contributed by atoms with Crippen molar-refractivity contribution in [1.82, 2.24) is 15.0 Å². The molecule has 0 amide bonds. The smallest absolute Gasteiger partial charge is 0.223 e. The molecule has 0 unspecified atom stereocenters. The molecule has 0 aliphatic rings. The Balaban J connectivity index is 1.96. The van der Waals surface area contributed by atoms with Gasteiger partial charge in [0.05, 0.1) is 5.52 Å². The van der Waals surface area contributed by atoms with Gasteiger partial charge >= 0.3 is 0 Å². The lowest BCUT2D eigenvalue weighted by Gasteiger charge is -2.06. The number of hydrogen-bond donors (Lipinski definition) is 0. The van der Waals surface area contributed by atoms with E-state index in [9.17, 15) is 0 Å². The molecule has 0 N–H and O–H groups in total. The highest BCUT2D eigenvalue weighted by molar-refractivity contribution is 9.10. The molecule has 0 aliphatic carbocycles. The summed E-state index contributed by atoms with van der Waals surface area (Å²) in [5, 5.41) is 1.08. The number of rotatable bonds is 2. The van der Waals surface area contributed by atoms with Gasteiger partial charge in [-0.1, -0.05) is 6.07 Å². The van der Waals surface area contributed by atoms with Gasteiger partial charge in [0.25, 0.3) is 0 Å². The number of halogens is 1. The van der Waals surface area contributed by atoms with Crippen LogP contribution in [0, 0.1) is 6.92 Å². The van der Waals surface area contributed by atoms with Crippen LogP contribution in [0.15, 0.2) is 47.2 Å². The Morgan fingerprint density at radius 3 is 2.84 bits per heavy atom. The van der Waals surface area contributed by atoms with Crippen molar-refractivity contribution < 1.29 is 4.74 Å². The average molecular weight is 316 g/mol. The zero-order valence-electron chi connectivity index (χ0n) is 10.2. The van der Waals surface area contributed by atoms with Crippen LogP contribution >= 0.6 is 15.9 Å². The number of aryl methyl sites for hydroxylation is 1. The summed E-state index contributed by atoms with van der Waals surface area (Å²) in [6.45, 7) is 1.82. The lowest BCUT2D eigenvalue weighted by molar-refractivity contribution is 0.459. The van der Waals surface area contributed by atoms with Crippen molar-refractivity contribution in [1.29, 1.82) is 0 Å². The van der Waals surface area contributed by atoms with Crippen LogP contribution in [-0.4, -0.2) is 15.0 Å². The first-order valence-corrected chi connectivity index (χ1v) is 6.54. The van der Waals surface area contributed by atoms with E-state index in [2.05, 4.69) is 30.9 Å². The summed E-state index contributed by atoms with van der Waals surface area (Å²) < 4.78 is 6.43. The molecule has 3 aromatic rings. The number of fused-ring (bicyclic) bond motifs is 1. The predicted molar refractivity (Wildman–Crippen MR) is 76.3 cm³/mol. The van der Waals surface area contributed by atoms with Crippen LogP contribution in [0.1, 0.15) is 5.82 Å². The Hall–Kier alpha value is -2.01. The number of aromatic nitrogens is 3. The lowest BCUT2D eigenvalue weighted by Crippen LogP contribution is -1.93. The maximum atomic E-state index is 5.73. The Labute approximate surface area is 118 Å². The Morgan fingerprint density at radius 1 is 1.11 bits per heavy atom.